The predicted molar refractivity (Wildman–Crippen MR) is 84.0 cm³/mol. The Bertz CT molecular complexity index is 606. The Morgan fingerprint density at radius 3 is 2.85 bits per heavy atom. The topological polar surface area (TPSA) is 29.9 Å². The first-order valence-corrected chi connectivity index (χ1v) is 7.92. The Labute approximate surface area is 121 Å². The summed E-state index contributed by atoms with van der Waals surface area (Å²) in [6, 6.07) is 6.64. The molecule has 0 saturated carbocycles. The minimum Gasteiger partial charge on any atom is -0.326 e. The molecule has 0 spiro atoms. The van der Waals surface area contributed by atoms with Gasteiger partial charge < -0.3 is 9.88 Å². The highest BCUT2D eigenvalue weighted by Gasteiger charge is 2.37. The van der Waals surface area contributed by atoms with Crippen LogP contribution in [0.25, 0.3) is 11.0 Å². The third-order valence-corrected chi connectivity index (χ3v) is 4.63. The third kappa shape index (κ3) is 2.05. The molecule has 1 saturated heterocycles. The zero-order valence-corrected chi connectivity index (χ0v) is 12.9. The highest BCUT2D eigenvalue weighted by atomic mass is 15.2. The Kier molecular flexibility index (Phi) is 3.55. The van der Waals surface area contributed by atoms with Crippen LogP contribution in [0, 0.1) is 6.92 Å². The summed E-state index contributed by atoms with van der Waals surface area (Å²) in [6.45, 7) is 8.82. The lowest BCUT2D eigenvalue weighted by Gasteiger charge is -2.28. The third-order valence-electron chi connectivity index (χ3n) is 4.63. The van der Waals surface area contributed by atoms with Gasteiger partial charge >= 0.3 is 0 Å². The zero-order valence-electron chi connectivity index (χ0n) is 12.9. The summed E-state index contributed by atoms with van der Waals surface area (Å²) < 4.78 is 2.44. The fraction of sp³-hybridized carbons (Fsp3) is 0.588. The van der Waals surface area contributed by atoms with E-state index in [1.807, 2.05) is 0 Å². The molecule has 0 aliphatic carbocycles. The Hall–Kier alpha value is -1.35. The van der Waals surface area contributed by atoms with Crippen LogP contribution in [0.5, 0.6) is 0 Å². The van der Waals surface area contributed by atoms with E-state index in [1.54, 1.807) is 0 Å². The molecule has 3 nitrogen and oxygen atoms in total. The summed E-state index contributed by atoms with van der Waals surface area (Å²) in [4.78, 5) is 5.02. The molecule has 1 N–H and O–H groups in total. The average Bonchev–Trinajstić information content (AvgIpc) is 3.05. The molecule has 1 fully saturated rings. The fourth-order valence-corrected chi connectivity index (χ4v) is 3.51. The van der Waals surface area contributed by atoms with E-state index in [2.05, 4.69) is 48.9 Å². The van der Waals surface area contributed by atoms with Gasteiger partial charge in [0.2, 0.25) is 0 Å². The monoisotopic (exact) mass is 271 g/mol. The molecule has 1 aliphatic heterocycles. The molecule has 2 aromatic rings. The molecule has 0 amide bonds. The van der Waals surface area contributed by atoms with E-state index in [1.165, 1.54) is 29.7 Å². The molecule has 1 aromatic carbocycles. The lowest BCUT2D eigenvalue weighted by molar-refractivity contribution is 0.338. The molecule has 1 unspecified atom stereocenters. The second-order valence-corrected chi connectivity index (χ2v) is 6.05. The molecule has 1 aromatic heterocycles. The molecule has 20 heavy (non-hydrogen) atoms. The largest absolute Gasteiger partial charge is 0.326 e. The molecule has 108 valence electrons. The standard InChI is InChI=1S/C17H25N3/c1-4-11-20-15-8-7-13(3)12-14(15)19-16(20)17(5-2)9-6-10-18-17/h7-8,12,18H,4-6,9-11H2,1-3H3. The van der Waals surface area contributed by atoms with Crippen molar-refractivity contribution in [3.05, 3.63) is 29.6 Å². The van der Waals surface area contributed by atoms with Gasteiger partial charge in [-0.1, -0.05) is 19.9 Å². The molecule has 1 aliphatic rings. The van der Waals surface area contributed by atoms with E-state index in [0.717, 1.165) is 31.4 Å². The minimum absolute atomic E-state index is 0.0854. The van der Waals surface area contributed by atoms with Crippen LogP contribution >= 0.6 is 0 Å². The second kappa shape index (κ2) is 5.21. The molecule has 3 rings (SSSR count). The Morgan fingerprint density at radius 1 is 1.35 bits per heavy atom. The van der Waals surface area contributed by atoms with Gasteiger partial charge in [0, 0.05) is 6.54 Å². The summed E-state index contributed by atoms with van der Waals surface area (Å²) in [7, 11) is 0. The van der Waals surface area contributed by atoms with Crippen molar-refractivity contribution in [2.75, 3.05) is 6.54 Å². The van der Waals surface area contributed by atoms with Crippen molar-refractivity contribution in [3.8, 4) is 0 Å². The lowest BCUT2D eigenvalue weighted by atomic mass is 9.93. The minimum atomic E-state index is 0.0854. The normalized spacial score (nSPS) is 22.8. The maximum absolute atomic E-state index is 5.02. The van der Waals surface area contributed by atoms with Gasteiger partial charge in [0.25, 0.3) is 0 Å². The molecule has 2 heterocycles. The first-order valence-electron chi connectivity index (χ1n) is 7.92. The van der Waals surface area contributed by atoms with Gasteiger partial charge in [0.1, 0.15) is 5.82 Å². The van der Waals surface area contributed by atoms with Gasteiger partial charge in [0.05, 0.1) is 16.6 Å². The number of nitrogens with zero attached hydrogens (tertiary/aromatic N) is 2. The number of nitrogens with one attached hydrogen (secondary N) is 1. The lowest BCUT2D eigenvalue weighted by Crippen LogP contribution is -2.38. The smallest absolute Gasteiger partial charge is 0.130 e. The quantitative estimate of drug-likeness (QED) is 0.918. The van der Waals surface area contributed by atoms with E-state index in [4.69, 9.17) is 4.98 Å². The fourth-order valence-electron chi connectivity index (χ4n) is 3.51. The zero-order chi connectivity index (χ0) is 14.2. The first-order chi connectivity index (χ1) is 9.70. The van der Waals surface area contributed by atoms with Crippen molar-refractivity contribution >= 4 is 11.0 Å². The van der Waals surface area contributed by atoms with Gasteiger partial charge in [-0.05, 0) is 56.8 Å². The van der Waals surface area contributed by atoms with E-state index >= 15 is 0 Å². The molecule has 3 heteroatoms. The number of benzene rings is 1. The van der Waals surface area contributed by atoms with Crippen LogP contribution in [0.15, 0.2) is 18.2 Å². The van der Waals surface area contributed by atoms with Crippen LogP contribution < -0.4 is 5.32 Å². The molecular weight excluding hydrogens is 246 g/mol. The number of aryl methyl sites for hydroxylation is 2. The summed E-state index contributed by atoms with van der Waals surface area (Å²) in [5, 5.41) is 3.73. The van der Waals surface area contributed by atoms with Crippen molar-refractivity contribution in [2.24, 2.45) is 0 Å². The van der Waals surface area contributed by atoms with E-state index in [0.29, 0.717) is 0 Å². The second-order valence-electron chi connectivity index (χ2n) is 6.05. The van der Waals surface area contributed by atoms with Crippen LogP contribution in [-0.2, 0) is 12.1 Å². The summed E-state index contributed by atoms with van der Waals surface area (Å²) in [5.74, 6) is 1.25. The van der Waals surface area contributed by atoms with Gasteiger partial charge in [0.15, 0.2) is 0 Å². The van der Waals surface area contributed by atoms with Crippen molar-refractivity contribution < 1.29 is 0 Å². The molecule has 0 radical (unpaired) electrons. The van der Waals surface area contributed by atoms with Crippen LogP contribution in [-0.4, -0.2) is 16.1 Å². The first kappa shape index (κ1) is 13.6. The number of fused-ring (bicyclic) bond motifs is 1. The van der Waals surface area contributed by atoms with Gasteiger partial charge in [-0.25, -0.2) is 4.98 Å². The highest BCUT2D eigenvalue weighted by Crippen LogP contribution is 2.35. The van der Waals surface area contributed by atoms with E-state index in [9.17, 15) is 0 Å². The van der Waals surface area contributed by atoms with Crippen LogP contribution in [0.4, 0.5) is 0 Å². The van der Waals surface area contributed by atoms with Gasteiger partial charge in [-0.2, -0.15) is 0 Å². The van der Waals surface area contributed by atoms with Crippen molar-refractivity contribution in [1.29, 1.82) is 0 Å². The summed E-state index contributed by atoms with van der Waals surface area (Å²) in [6.07, 6.45) is 4.71. The Morgan fingerprint density at radius 2 is 2.20 bits per heavy atom. The number of aromatic nitrogens is 2. The Balaban J connectivity index is 2.20. The van der Waals surface area contributed by atoms with E-state index in [-0.39, 0.29) is 5.54 Å². The predicted octanol–water partition coefficient (Wildman–Crippen LogP) is 3.74. The van der Waals surface area contributed by atoms with Crippen molar-refractivity contribution in [2.45, 2.75) is 58.5 Å². The van der Waals surface area contributed by atoms with Crippen molar-refractivity contribution in [3.63, 3.8) is 0 Å². The SMILES string of the molecule is CCCn1c(C2(CC)CCCN2)nc2cc(C)ccc21. The summed E-state index contributed by atoms with van der Waals surface area (Å²) >= 11 is 0. The molecular formula is C17H25N3. The van der Waals surface area contributed by atoms with E-state index < -0.39 is 0 Å². The number of hydrogen-bond donors (Lipinski definition) is 1. The highest BCUT2D eigenvalue weighted by molar-refractivity contribution is 5.77. The van der Waals surface area contributed by atoms with Crippen molar-refractivity contribution in [1.82, 2.24) is 14.9 Å². The maximum atomic E-state index is 5.02. The summed E-state index contributed by atoms with van der Waals surface area (Å²) in [5.41, 5.74) is 3.81. The number of rotatable bonds is 4. The van der Waals surface area contributed by atoms with Crippen LogP contribution in [0.2, 0.25) is 0 Å². The van der Waals surface area contributed by atoms with Crippen LogP contribution in [0.1, 0.15) is 50.9 Å². The number of imidazole rings is 1. The van der Waals surface area contributed by atoms with Gasteiger partial charge in [-0.15, -0.1) is 0 Å². The molecule has 0 bridgehead atoms. The van der Waals surface area contributed by atoms with Crippen LogP contribution in [0.3, 0.4) is 0 Å². The average molecular weight is 271 g/mol. The molecule has 1 atom stereocenters. The van der Waals surface area contributed by atoms with Gasteiger partial charge in [-0.3, -0.25) is 0 Å². The maximum Gasteiger partial charge on any atom is 0.130 e. The number of hydrogen-bond acceptors (Lipinski definition) is 2.